The summed E-state index contributed by atoms with van der Waals surface area (Å²) in [6.07, 6.45) is 8.11. The summed E-state index contributed by atoms with van der Waals surface area (Å²) in [5.74, 6) is 0.933. The first kappa shape index (κ1) is 22.5. The number of likely N-dealkylation sites (tertiary alicyclic amines) is 2. The second kappa shape index (κ2) is 10.3. The Labute approximate surface area is 192 Å². The van der Waals surface area contributed by atoms with Crippen molar-refractivity contribution in [3.05, 3.63) is 46.3 Å². The zero-order valence-electron chi connectivity index (χ0n) is 19.5. The fourth-order valence-corrected chi connectivity index (χ4v) is 6.31. The van der Waals surface area contributed by atoms with Crippen LogP contribution >= 0.6 is 11.3 Å². The molecule has 0 N–H and O–H groups in total. The molecule has 2 aromatic rings. The van der Waals surface area contributed by atoms with Crippen molar-refractivity contribution in [2.75, 3.05) is 26.2 Å². The topological polar surface area (TPSA) is 23.6 Å². The molecular weight excluding hydrogens is 400 g/mol. The number of carbonyl (C=O) groups is 1. The third kappa shape index (κ3) is 5.06. The van der Waals surface area contributed by atoms with E-state index in [1.807, 2.05) is 4.90 Å². The lowest BCUT2D eigenvalue weighted by Crippen LogP contribution is -2.39. The van der Waals surface area contributed by atoms with E-state index in [1.165, 1.54) is 53.9 Å². The van der Waals surface area contributed by atoms with Crippen molar-refractivity contribution in [1.82, 2.24) is 9.80 Å². The summed E-state index contributed by atoms with van der Waals surface area (Å²) >= 11 is 1.70. The number of nitrogens with zero attached hydrogens (tertiary/aromatic N) is 2. The van der Waals surface area contributed by atoms with Gasteiger partial charge in [0.1, 0.15) is 0 Å². The van der Waals surface area contributed by atoms with Crippen LogP contribution in [0.1, 0.15) is 86.0 Å². The van der Waals surface area contributed by atoms with Crippen LogP contribution in [0, 0.1) is 0 Å². The molecule has 3 heterocycles. The molecule has 2 saturated heterocycles. The number of hydrogen-bond donors (Lipinski definition) is 0. The summed E-state index contributed by atoms with van der Waals surface area (Å²) in [5.41, 5.74) is 3.97. The van der Waals surface area contributed by atoms with Crippen LogP contribution in [0.15, 0.2) is 30.3 Å². The summed E-state index contributed by atoms with van der Waals surface area (Å²) in [6.45, 7) is 11.1. The first-order valence-corrected chi connectivity index (χ1v) is 13.2. The molecular formula is C27H38N2OS. The van der Waals surface area contributed by atoms with Gasteiger partial charge in [-0.2, -0.15) is 0 Å². The molecule has 3 nitrogen and oxygen atoms in total. The molecule has 1 aromatic heterocycles. The number of hydrogen-bond acceptors (Lipinski definition) is 3. The van der Waals surface area contributed by atoms with Gasteiger partial charge in [0.25, 0.3) is 5.91 Å². The van der Waals surface area contributed by atoms with E-state index in [2.05, 4.69) is 56.0 Å². The summed E-state index contributed by atoms with van der Waals surface area (Å²) < 4.78 is 0. The van der Waals surface area contributed by atoms with Crippen LogP contribution in [-0.4, -0.2) is 47.9 Å². The van der Waals surface area contributed by atoms with Gasteiger partial charge in [-0.25, -0.2) is 0 Å². The standard InChI is InChI=1S/C27H38N2OS/c1-4-8-24-19-25(31-26(24)27(30)29-15-6-7-16-29)23-11-9-21(10-12-23)22-13-17-28(18-14-22)20(3)5-2/h9-12,19-20,22H,4-8,13-18H2,1-3H3. The quantitative estimate of drug-likeness (QED) is 0.487. The molecule has 1 aromatic carbocycles. The fraction of sp³-hybridized carbons (Fsp3) is 0.593. The van der Waals surface area contributed by atoms with Gasteiger partial charge in [-0.05, 0) is 87.2 Å². The first-order valence-electron chi connectivity index (χ1n) is 12.4. The smallest absolute Gasteiger partial charge is 0.264 e. The SMILES string of the molecule is CCCc1cc(-c2ccc(C3CCN(C(C)CC)CC3)cc2)sc1C(=O)N1CCCC1. The van der Waals surface area contributed by atoms with Gasteiger partial charge in [-0.1, -0.05) is 44.5 Å². The number of amides is 1. The second-order valence-electron chi connectivity index (χ2n) is 9.40. The van der Waals surface area contributed by atoms with Gasteiger partial charge in [0, 0.05) is 24.0 Å². The average Bonchev–Trinajstić information content (AvgIpc) is 3.49. The maximum absolute atomic E-state index is 13.1. The van der Waals surface area contributed by atoms with Crippen molar-refractivity contribution in [3.63, 3.8) is 0 Å². The van der Waals surface area contributed by atoms with Crippen molar-refractivity contribution >= 4 is 17.2 Å². The molecule has 0 spiro atoms. The number of piperidine rings is 1. The number of benzene rings is 1. The van der Waals surface area contributed by atoms with E-state index in [0.29, 0.717) is 12.0 Å². The summed E-state index contributed by atoms with van der Waals surface area (Å²) in [4.78, 5) is 20.0. The third-order valence-electron chi connectivity index (χ3n) is 7.33. The molecule has 4 heteroatoms. The van der Waals surface area contributed by atoms with E-state index in [9.17, 15) is 4.79 Å². The van der Waals surface area contributed by atoms with Gasteiger partial charge in [-0.15, -0.1) is 11.3 Å². The average molecular weight is 439 g/mol. The Morgan fingerprint density at radius 1 is 1.06 bits per heavy atom. The van der Waals surface area contributed by atoms with Crippen LogP contribution in [0.4, 0.5) is 0 Å². The van der Waals surface area contributed by atoms with Gasteiger partial charge in [-0.3, -0.25) is 4.79 Å². The highest BCUT2D eigenvalue weighted by Gasteiger charge is 2.25. The Morgan fingerprint density at radius 2 is 1.74 bits per heavy atom. The lowest BCUT2D eigenvalue weighted by Gasteiger charge is -2.36. The van der Waals surface area contributed by atoms with E-state index in [1.54, 1.807) is 11.3 Å². The van der Waals surface area contributed by atoms with Gasteiger partial charge >= 0.3 is 0 Å². The van der Waals surface area contributed by atoms with E-state index in [0.717, 1.165) is 43.6 Å². The van der Waals surface area contributed by atoms with Crippen LogP contribution in [0.3, 0.4) is 0 Å². The van der Waals surface area contributed by atoms with E-state index >= 15 is 0 Å². The van der Waals surface area contributed by atoms with Gasteiger partial charge in [0.15, 0.2) is 0 Å². The Balaban J connectivity index is 1.47. The molecule has 0 saturated carbocycles. The third-order valence-corrected chi connectivity index (χ3v) is 8.54. The normalized spacial score (nSPS) is 19.1. The highest BCUT2D eigenvalue weighted by Crippen LogP contribution is 2.36. The minimum absolute atomic E-state index is 0.252. The molecule has 2 fully saturated rings. The Hall–Kier alpha value is -1.65. The van der Waals surface area contributed by atoms with Crippen LogP contribution < -0.4 is 0 Å². The largest absolute Gasteiger partial charge is 0.338 e. The van der Waals surface area contributed by atoms with Crippen molar-refractivity contribution in [3.8, 4) is 10.4 Å². The number of rotatable bonds is 7. The minimum atomic E-state index is 0.252. The summed E-state index contributed by atoms with van der Waals surface area (Å²) in [5, 5.41) is 0. The minimum Gasteiger partial charge on any atom is -0.338 e. The van der Waals surface area contributed by atoms with Crippen molar-refractivity contribution in [2.45, 2.75) is 77.7 Å². The fourth-order valence-electron chi connectivity index (χ4n) is 5.12. The van der Waals surface area contributed by atoms with Crippen LogP contribution in [0.25, 0.3) is 10.4 Å². The lowest BCUT2D eigenvalue weighted by atomic mass is 9.88. The first-order chi connectivity index (χ1) is 15.1. The molecule has 0 bridgehead atoms. The molecule has 2 aliphatic rings. The zero-order chi connectivity index (χ0) is 21.8. The monoisotopic (exact) mass is 438 g/mol. The van der Waals surface area contributed by atoms with Gasteiger partial charge < -0.3 is 9.80 Å². The van der Waals surface area contributed by atoms with Gasteiger partial charge in [0.05, 0.1) is 4.88 Å². The highest BCUT2D eigenvalue weighted by atomic mass is 32.1. The molecule has 2 aliphatic heterocycles. The van der Waals surface area contributed by atoms with Crippen LogP contribution in [0.2, 0.25) is 0 Å². The summed E-state index contributed by atoms with van der Waals surface area (Å²) in [7, 11) is 0. The molecule has 1 atom stereocenters. The van der Waals surface area contributed by atoms with Crippen LogP contribution in [-0.2, 0) is 6.42 Å². The molecule has 4 rings (SSSR count). The number of thiophene rings is 1. The highest BCUT2D eigenvalue weighted by molar-refractivity contribution is 7.17. The predicted molar refractivity (Wildman–Crippen MR) is 132 cm³/mol. The lowest BCUT2D eigenvalue weighted by molar-refractivity contribution is 0.0796. The number of aryl methyl sites for hydroxylation is 1. The summed E-state index contributed by atoms with van der Waals surface area (Å²) in [6, 6.07) is 12.2. The van der Waals surface area contributed by atoms with E-state index in [4.69, 9.17) is 0 Å². The van der Waals surface area contributed by atoms with Crippen LogP contribution in [0.5, 0.6) is 0 Å². The van der Waals surface area contributed by atoms with Crippen molar-refractivity contribution in [2.24, 2.45) is 0 Å². The van der Waals surface area contributed by atoms with Crippen molar-refractivity contribution < 1.29 is 4.79 Å². The zero-order valence-corrected chi connectivity index (χ0v) is 20.3. The molecule has 0 radical (unpaired) electrons. The molecule has 0 aliphatic carbocycles. The molecule has 1 unspecified atom stereocenters. The second-order valence-corrected chi connectivity index (χ2v) is 10.5. The molecule has 31 heavy (non-hydrogen) atoms. The van der Waals surface area contributed by atoms with Gasteiger partial charge in [0.2, 0.25) is 0 Å². The Kier molecular flexibility index (Phi) is 7.50. The molecule has 168 valence electrons. The Morgan fingerprint density at radius 3 is 2.35 bits per heavy atom. The van der Waals surface area contributed by atoms with E-state index < -0.39 is 0 Å². The number of carbonyl (C=O) groups excluding carboxylic acids is 1. The maximum atomic E-state index is 13.1. The van der Waals surface area contributed by atoms with Crippen molar-refractivity contribution in [1.29, 1.82) is 0 Å². The molecule has 1 amide bonds. The Bertz CT molecular complexity index is 858. The predicted octanol–water partition coefficient (Wildman–Crippen LogP) is 6.58. The van der Waals surface area contributed by atoms with E-state index in [-0.39, 0.29) is 5.91 Å². The maximum Gasteiger partial charge on any atom is 0.264 e.